The molecule has 84 valence electrons. The quantitative estimate of drug-likeness (QED) is 0.759. The third-order valence-electron chi connectivity index (χ3n) is 3.18. The summed E-state index contributed by atoms with van der Waals surface area (Å²) in [5, 5.41) is 9.70. The molecule has 1 aromatic carbocycles. The molecule has 0 saturated carbocycles. The normalized spacial score (nSPS) is 20.4. The van der Waals surface area contributed by atoms with Gasteiger partial charge in [0, 0.05) is 6.42 Å². The minimum Gasteiger partial charge on any atom is -0.389 e. The molecular formula is C15H18O. The third-order valence-corrected chi connectivity index (χ3v) is 3.18. The number of rotatable bonds is 1. The Morgan fingerprint density at radius 1 is 1.19 bits per heavy atom. The van der Waals surface area contributed by atoms with Gasteiger partial charge in [0.1, 0.15) is 0 Å². The molecule has 0 fully saturated rings. The first-order valence-electron chi connectivity index (χ1n) is 5.71. The highest BCUT2D eigenvalue weighted by Crippen LogP contribution is 2.31. The van der Waals surface area contributed by atoms with Crippen LogP contribution in [-0.4, -0.2) is 11.2 Å². The van der Waals surface area contributed by atoms with E-state index in [4.69, 9.17) is 0 Å². The van der Waals surface area contributed by atoms with Crippen molar-refractivity contribution in [3.63, 3.8) is 0 Å². The summed E-state index contributed by atoms with van der Waals surface area (Å²) < 4.78 is 0. The lowest BCUT2D eigenvalue weighted by Gasteiger charge is -2.19. The second-order valence-electron chi connectivity index (χ2n) is 4.61. The number of aliphatic hydroxyl groups excluding tert-OH is 1. The van der Waals surface area contributed by atoms with Gasteiger partial charge in [0.15, 0.2) is 0 Å². The van der Waals surface area contributed by atoms with Crippen molar-refractivity contribution < 1.29 is 5.11 Å². The predicted octanol–water partition coefficient (Wildman–Crippen LogP) is 3.40. The van der Waals surface area contributed by atoms with Gasteiger partial charge in [-0.3, -0.25) is 0 Å². The number of hydrogen-bond donors (Lipinski definition) is 1. The topological polar surface area (TPSA) is 20.2 Å². The summed E-state index contributed by atoms with van der Waals surface area (Å²) >= 11 is 0. The fraction of sp³-hybridized carbons (Fsp3) is 0.333. The molecule has 1 unspecified atom stereocenters. The van der Waals surface area contributed by atoms with Crippen molar-refractivity contribution in [3.05, 3.63) is 52.6 Å². The summed E-state index contributed by atoms with van der Waals surface area (Å²) in [6.45, 7) is 6.34. The van der Waals surface area contributed by atoms with Gasteiger partial charge in [-0.15, -0.1) is 0 Å². The van der Waals surface area contributed by atoms with E-state index in [-0.39, 0.29) is 6.10 Å². The van der Waals surface area contributed by atoms with Gasteiger partial charge in [0.25, 0.3) is 0 Å². The van der Waals surface area contributed by atoms with Crippen LogP contribution in [0.3, 0.4) is 0 Å². The Balaban J connectivity index is 2.51. The lowest BCUT2D eigenvalue weighted by atomic mass is 9.88. The van der Waals surface area contributed by atoms with Crippen LogP contribution in [0.15, 0.2) is 35.9 Å². The lowest BCUT2D eigenvalue weighted by molar-refractivity contribution is 0.228. The molecule has 0 heterocycles. The van der Waals surface area contributed by atoms with Crippen molar-refractivity contribution in [2.75, 3.05) is 0 Å². The van der Waals surface area contributed by atoms with E-state index >= 15 is 0 Å². The molecule has 1 aromatic rings. The number of hydrogen-bond acceptors (Lipinski definition) is 1. The fourth-order valence-corrected chi connectivity index (χ4v) is 2.18. The Bertz CT molecular complexity index is 466. The van der Waals surface area contributed by atoms with E-state index in [1.807, 2.05) is 12.2 Å². The summed E-state index contributed by atoms with van der Waals surface area (Å²) in [5.74, 6) is 0. The van der Waals surface area contributed by atoms with Gasteiger partial charge in [0.05, 0.1) is 6.10 Å². The third kappa shape index (κ3) is 2.10. The van der Waals surface area contributed by atoms with Crippen LogP contribution in [0.25, 0.3) is 5.57 Å². The molecule has 2 rings (SSSR count). The predicted molar refractivity (Wildman–Crippen MR) is 68.3 cm³/mol. The Morgan fingerprint density at radius 3 is 2.69 bits per heavy atom. The molecule has 1 aliphatic rings. The van der Waals surface area contributed by atoms with E-state index in [0.717, 1.165) is 6.42 Å². The van der Waals surface area contributed by atoms with Gasteiger partial charge in [-0.2, -0.15) is 0 Å². The molecule has 1 nitrogen and oxygen atoms in total. The van der Waals surface area contributed by atoms with E-state index in [1.54, 1.807) is 0 Å². The second-order valence-corrected chi connectivity index (χ2v) is 4.61. The van der Waals surface area contributed by atoms with Crippen LogP contribution in [0, 0.1) is 13.8 Å². The summed E-state index contributed by atoms with van der Waals surface area (Å²) in [4.78, 5) is 0. The van der Waals surface area contributed by atoms with Crippen LogP contribution < -0.4 is 0 Å². The van der Waals surface area contributed by atoms with Gasteiger partial charge in [-0.1, -0.05) is 35.9 Å². The molecule has 1 atom stereocenters. The molecule has 16 heavy (non-hydrogen) atoms. The summed E-state index contributed by atoms with van der Waals surface area (Å²) in [7, 11) is 0. The second kappa shape index (κ2) is 4.26. The number of aliphatic hydroxyl groups is 1. The summed E-state index contributed by atoms with van der Waals surface area (Å²) in [6, 6.07) is 6.49. The average Bonchev–Trinajstić information content (AvgIpc) is 2.25. The lowest BCUT2D eigenvalue weighted by Crippen LogP contribution is -2.09. The maximum atomic E-state index is 9.70. The molecule has 0 radical (unpaired) electrons. The highest BCUT2D eigenvalue weighted by atomic mass is 16.3. The molecule has 0 aliphatic heterocycles. The molecule has 0 bridgehead atoms. The highest BCUT2D eigenvalue weighted by Gasteiger charge is 2.15. The van der Waals surface area contributed by atoms with Crippen LogP contribution in [-0.2, 0) is 0 Å². The molecule has 1 N–H and O–H groups in total. The zero-order chi connectivity index (χ0) is 11.7. The molecule has 0 amide bonds. The van der Waals surface area contributed by atoms with Crippen LogP contribution in [0.1, 0.15) is 30.0 Å². The number of allylic oxidation sites excluding steroid dienone is 2. The minimum absolute atomic E-state index is 0.335. The zero-order valence-corrected chi connectivity index (χ0v) is 10.1. The Hall–Kier alpha value is -1.34. The van der Waals surface area contributed by atoms with E-state index < -0.39 is 0 Å². The minimum atomic E-state index is -0.335. The maximum Gasteiger partial charge on any atom is 0.0764 e. The highest BCUT2D eigenvalue weighted by molar-refractivity contribution is 5.74. The molecular weight excluding hydrogens is 196 g/mol. The molecule has 0 aromatic heterocycles. The van der Waals surface area contributed by atoms with E-state index in [9.17, 15) is 5.11 Å². The summed E-state index contributed by atoms with van der Waals surface area (Å²) in [6.07, 6.45) is 4.28. The number of aryl methyl sites for hydroxylation is 2. The largest absolute Gasteiger partial charge is 0.389 e. The first kappa shape index (κ1) is 11.2. The molecule has 0 saturated heterocycles. The van der Waals surface area contributed by atoms with Gasteiger partial charge >= 0.3 is 0 Å². The molecule has 0 spiro atoms. The average molecular weight is 214 g/mol. The molecule has 1 heteroatoms. The van der Waals surface area contributed by atoms with E-state index in [0.29, 0.717) is 0 Å². The van der Waals surface area contributed by atoms with Crippen molar-refractivity contribution >= 4 is 5.57 Å². The number of benzene rings is 1. The first-order valence-corrected chi connectivity index (χ1v) is 5.71. The van der Waals surface area contributed by atoms with Crippen LogP contribution in [0.4, 0.5) is 0 Å². The van der Waals surface area contributed by atoms with Gasteiger partial charge in [-0.05, 0) is 43.0 Å². The van der Waals surface area contributed by atoms with E-state index in [1.165, 1.54) is 27.8 Å². The van der Waals surface area contributed by atoms with Crippen molar-refractivity contribution in [2.45, 2.75) is 33.3 Å². The van der Waals surface area contributed by atoms with E-state index in [2.05, 4.69) is 39.0 Å². The fourth-order valence-electron chi connectivity index (χ4n) is 2.18. The van der Waals surface area contributed by atoms with Gasteiger partial charge in [-0.25, -0.2) is 0 Å². The smallest absolute Gasteiger partial charge is 0.0764 e. The standard InChI is InChI=1S/C15H18O/c1-10-4-5-11(2)14(8-10)15-9-13(16)7-6-12(15)3/h4-8,13,16H,9H2,1-3H3. The Kier molecular flexibility index (Phi) is 2.97. The van der Waals surface area contributed by atoms with Crippen LogP contribution >= 0.6 is 0 Å². The summed E-state index contributed by atoms with van der Waals surface area (Å²) in [5.41, 5.74) is 6.36. The van der Waals surface area contributed by atoms with Gasteiger partial charge < -0.3 is 5.11 Å². The SMILES string of the molecule is CC1=C(c2cc(C)ccc2C)CC(O)C=C1. The van der Waals surface area contributed by atoms with Crippen molar-refractivity contribution in [3.8, 4) is 0 Å². The van der Waals surface area contributed by atoms with Crippen molar-refractivity contribution in [1.82, 2.24) is 0 Å². The van der Waals surface area contributed by atoms with Crippen molar-refractivity contribution in [2.24, 2.45) is 0 Å². The van der Waals surface area contributed by atoms with Crippen LogP contribution in [0.2, 0.25) is 0 Å². The first-order chi connectivity index (χ1) is 7.58. The monoisotopic (exact) mass is 214 g/mol. The van der Waals surface area contributed by atoms with Crippen molar-refractivity contribution in [1.29, 1.82) is 0 Å². The Labute approximate surface area is 97.1 Å². The maximum absolute atomic E-state index is 9.70. The Morgan fingerprint density at radius 2 is 1.94 bits per heavy atom. The van der Waals surface area contributed by atoms with Crippen LogP contribution in [0.5, 0.6) is 0 Å². The molecule has 1 aliphatic carbocycles. The van der Waals surface area contributed by atoms with Gasteiger partial charge in [0.2, 0.25) is 0 Å². The zero-order valence-electron chi connectivity index (χ0n) is 10.1.